The molecule has 2 rings (SSSR count). The third-order valence-electron chi connectivity index (χ3n) is 3.69. The predicted octanol–water partition coefficient (Wildman–Crippen LogP) is 2.01. The molecule has 1 saturated carbocycles. The highest BCUT2D eigenvalue weighted by molar-refractivity contribution is 5.95. The average Bonchev–Trinajstić information content (AvgIpc) is 2.22. The SMILES string of the molecule is Cc1cc(C)nc(NC(=O)C2(CN)CC(C)C2)c1. The van der Waals surface area contributed by atoms with Crippen LogP contribution in [0.4, 0.5) is 5.82 Å². The van der Waals surface area contributed by atoms with Gasteiger partial charge in [0.1, 0.15) is 5.82 Å². The molecule has 0 spiro atoms. The van der Waals surface area contributed by atoms with Crippen molar-refractivity contribution >= 4 is 11.7 Å². The van der Waals surface area contributed by atoms with E-state index >= 15 is 0 Å². The molecule has 1 aliphatic rings. The summed E-state index contributed by atoms with van der Waals surface area (Å²) in [6.07, 6.45) is 1.75. The number of hydrogen-bond acceptors (Lipinski definition) is 3. The molecule has 3 N–H and O–H groups in total. The molecule has 1 aromatic heterocycles. The maximum Gasteiger partial charge on any atom is 0.233 e. The molecule has 0 aromatic carbocycles. The minimum Gasteiger partial charge on any atom is -0.329 e. The number of rotatable bonds is 3. The van der Waals surface area contributed by atoms with Crippen LogP contribution in [-0.2, 0) is 4.79 Å². The van der Waals surface area contributed by atoms with E-state index in [1.165, 1.54) is 0 Å². The molecule has 4 heteroatoms. The number of aromatic nitrogens is 1. The number of carbonyl (C=O) groups excluding carboxylic acids is 1. The van der Waals surface area contributed by atoms with Crippen molar-refractivity contribution < 1.29 is 4.79 Å². The second-order valence-electron chi connectivity index (χ2n) is 5.62. The van der Waals surface area contributed by atoms with Gasteiger partial charge in [0.25, 0.3) is 0 Å². The number of amides is 1. The van der Waals surface area contributed by atoms with Crippen LogP contribution in [0.1, 0.15) is 31.0 Å². The first-order chi connectivity index (χ1) is 8.45. The second-order valence-corrected chi connectivity index (χ2v) is 5.62. The lowest BCUT2D eigenvalue weighted by molar-refractivity contribution is -0.132. The van der Waals surface area contributed by atoms with Crippen LogP contribution >= 0.6 is 0 Å². The topological polar surface area (TPSA) is 68.0 Å². The average molecular weight is 247 g/mol. The number of anilines is 1. The Morgan fingerprint density at radius 2 is 2.17 bits per heavy atom. The van der Waals surface area contributed by atoms with Gasteiger partial charge >= 0.3 is 0 Å². The van der Waals surface area contributed by atoms with Crippen LogP contribution < -0.4 is 11.1 Å². The van der Waals surface area contributed by atoms with Gasteiger partial charge in [-0.1, -0.05) is 6.92 Å². The molecule has 1 fully saturated rings. The first-order valence-corrected chi connectivity index (χ1v) is 6.42. The zero-order valence-electron chi connectivity index (χ0n) is 11.3. The molecule has 1 amide bonds. The molecule has 0 aliphatic heterocycles. The van der Waals surface area contributed by atoms with Crippen LogP contribution in [0.3, 0.4) is 0 Å². The summed E-state index contributed by atoms with van der Waals surface area (Å²) in [6.45, 7) is 6.48. The van der Waals surface area contributed by atoms with E-state index in [0.717, 1.165) is 24.1 Å². The number of nitrogens with zero attached hydrogens (tertiary/aromatic N) is 1. The molecule has 0 unspecified atom stereocenters. The van der Waals surface area contributed by atoms with E-state index in [9.17, 15) is 4.79 Å². The van der Waals surface area contributed by atoms with E-state index in [-0.39, 0.29) is 11.3 Å². The fourth-order valence-electron chi connectivity index (χ4n) is 2.87. The Hall–Kier alpha value is -1.42. The molecule has 0 saturated heterocycles. The highest BCUT2D eigenvalue weighted by Crippen LogP contribution is 2.45. The largest absolute Gasteiger partial charge is 0.329 e. The molecule has 4 nitrogen and oxygen atoms in total. The van der Waals surface area contributed by atoms with Crippen molar-refractivity contribution in [3.05, 3.63) is 23.4 Å². The highest BCUT2D eigenvalue weighted by Gasteiger charge is 2.47. The zero-order chi connectivity index (χ0) is 13.3. The van der Waals surface area contributed by atoms with E-state index in [1.54, 1.807) is 0 Å². The summed E-state index contributed by atoms with van der Waals surface area (Å²) < 4.78 is 0. The summed E-state index contributed by atoms with van der Waals surface area (Å²) in [5.41, 5.74) is 7.40. The van der Waals surface area contributed by atoms with Crippen molar-refractivity contribution in [1.82, 2.24) is 4.98 Å². The van der Waals surface area contributed by atoms with Gasteiger partial charge in [0.15, 0.2) is 0 Å². The first kappa shape index (κ1) is 13.0. The minimum atomic E-state index is -0.376. The number of hydrogen-bond donors (Lipinski definition) is 2. The fourth-order valence-corrected chi connectivity index (χ4v) is 2.87. The van der Waals surface area contributed by atoms with Crippen LogP contribution in [0.5, 0.6) is 0 Å². The monoisotopic (exact) mass is 247 g/mol. The van der Waals surface area contributed by atoms with Crippen molar-refractivity contribution in [2.75, 3.05) is 11.9 Å². The van der Waals surface area contributed by atoms with Crippen LogP contribution in [0.2, 0.25) is 0 Å². The van der Waals surface area contributed by atoms with Gasteiger partial charge in [0.05, 0.1) is 5.41 Å². The smallest absolute Gasteiger partial charge is 0.233 e. The minimum absolute atomic E-state index is 0.0144. The van der Waals surface area contributed by atoms with Crippen molar-refractivity contribution in [2.45, 2.75) is 33.6 Å². The summed E-state index contributed by atoms with van der Waals surface area (Å²) in [4.78, 5) is 16.6. The molecule has 18 heavy (non-hydrogen) atoms. The molecule has 1 aliphatic carbocycles. The molecular weight excluding hydrogens is 226 g/mol. The summed E-state index contributed by atoms with van der Waals surface area (Å²) in [5, 5.41) is 2.91. The number of aryl methyl sites for hydroxylation is 2. The summed E-state index contributed by atoms with van der Waals surface area (Å²) in [6, 6.07) is 3.87. The van der Waals surface area contributed by atoms with Gasteiger partial charge in [-0.3, -0.25) is 4.79 Å². The fraction of sp³-hybridized carbons (Fsp3) is 0.571. The van der Waals surface area contributed by atoms with Gasteiger partial charge in [0, 0.05) is 12.2 Å². The van der Waals surface area contributed by atoms with Gasteiger partial charge in [-0.05, 0) is 50.3 Å². The third kappa shape index (κ3) is 2.38. The third-order valence-corrected chi connectivity index (χ3v) is 3.69. The second kappa shape index (κ2) is 4.69. The van der Waals surface area contributed by atoms with Gasteiger partial charge in [0.2, 0.25) is 5.91 Å². The van der Waals surface area contributed by atoms with Crippen molar-refractivity contribution in [2.24, 2.45) is 17.1 Å². The Bertz CT molecular complexity index is 444. The van der Waals surface area contributed by atoms with Crippen molar-refractivity contribution in [3.8, 4) is 0 Å². The van der Waals surface area contributed by atoms with E-state index in [4.69, 9.17) is 5.73 Å². The summed E-state index contributed by atoms with van der Waals surface area (Å²) in [5.74, 6) is 1.23. The van der Waals surface area contributed by atoms with E-state index in [0.29, 0.717) is 18.3 Å². The lowest BCUT2D eigenvalue weighted by Gasteiger charge is -2.44. The van der Waals surface area contributed by atoms with Crippen LogP contribution in [0.25, 0.3) is 0 Å². The number of nitrogens with two attached hydrogens (primary N) is 1. The predicted molar refractivity (Wildman–Crippen MR) is 72.2 cm³/mol. The van der Waals surface area contributed by atoms with E-state index < -0.39 is 0 Å². The lowest BCUT2D eigenvalue weighted by atomic mass is 9.62. The maximum atomic E-state index is 12.3. The van der Waals surface area contributed by atoms with E-state index in [1.807, 2.05) is 26.0 Å². The van der Waals surface area contributed by atoms with Gasteiger partial charge in [-0.25, -0.2) is 4.98 Å². The normalized spacial score (nSPS) is 26.6. The number of nitrogens with one attached hydrogen (secondary N) is 1. The Morgan fingerprint density at radius 3 is 2.67 bits per heavy atom. The molecule has 1 heterocycles. The molecule has 0 bridgehead atoms. The Balaban J connectivity index is 2.11. The first-order valence-electron chi connectivity index (χ1n) is 6.42. The van der Waals surface area contributed by atoms with Gasteiger partial charge in [-0.2, -0.15) is 0 Å². The van der Waals surface area contributed by atoms with Gasteiger partial charge in [-0.15, -0.1) is 0 Å². The summed E-state index contributed by atoms with van der Waals surface area (Å²) >= 11 is 0. The number of carbonyl (C=O) groups is 1. The summed E-state index contributed by atoms with van der Waals surface area (Å²) in [7, 11) is 0. The van der Waals surface area contributed by atoms with Crippen molar-refractivity contribution in [3.63, 3.8) is 0 Å². The molecule has 0 radical (unpaired) electrons. The van der Waals surface area contributed by atoms with Gasteiger partial charge < -0.3 is 11.1 Å². The van der Waals surface area contributed by atoms with Crippen molar-refractivity contribution in [1.29, 1.82) is 0 Å². The Kier molecular flexibility index (Phi) is 3.39. The Morgan fingerprint density at radius 1 is 1.50 bits per heavy atom. The standard InChI is InChI=1S/C14H21N3O/c1-9-4-11(3)16-12(5-9)17-13(18)14(8-15)6-10(2)7-14/h4-5,10H,6-8,15H2,1-3H3,(H,16,17,18). The zero-order valence-corrected chi connectivity index (χ0v) is 11.3. The number of pyridine rings is 1. The quantitative estimate of drug-likeness (QED) is 0.858. The lowest BCUT2D eigenvalue weighted by Crippen LogP contribution is -2.51. The molecular formula is C14H21N3O. The van der Waals surface area contributed by atoms with E-state index in [2.05, 4.69) is 17.2 Å². The van der Waals surface area contributed by atoms with Crippen LogP contribution in [0, 0.1) is 25.2 Å². The molecule has 0 atom stereocenters. The molecule has 98 valence electrons. The maximum absolute atomic E-state index is 12.3. The molecule has 1 aromatic rings. The Labute approximate surface area is 108 Å². The van der Waals surface area contributed by atoms with Crippen LogP contribution in [0.15, 0.2) is 12.1 Å². The highest BCUT2D eigenvalue weighted by atomic mass is 16.2. The van der Waals surface area contributed by atoms with Crippen LogP contribution in [-0.4, -0.2) is 17.4 Å².